The van der Waals surface area contributed by atoms with Gasteiger partial charge in [-0.15, -0.1) is 0 Å². The molecule has 3 rings (SSSR count). The lowest BCUT2D eigenvalue weighted by molar-refractivity contribution is 0.0779. The van der Waals surface area contributed by atoms with E-state index in [1.807, 2.05) is 42.5 Å². The Kier molecular flexibility index (Phi) is 5.51. The molecule has 1 aliphatic heterocycles. The van der Waals surface area contributed by atoms with E-state index in [1.165, 1.54) is 4.90 Å². The quantitative estimate of drug-likeness (QED) is 0.916. The molecule has 0 radical (unpaired) electrons. The molecule has 6 heteroatoms. The van der Waals surface area contributed by atoms with Gasteiger partial charge in [0.25, 0.3) is 5.91 Å². The van der Waals surface area contributed by atoms with Crippen molar-refractivity contribution in [2.75, 3.05) is 20.1 Å². The van der Waals surface area contributed by atoms with Crippen LogP contribution in [-0.4, -0.2) is 52.0 Å². The third kappa shape index (κ3) is 4.20. The summed E-state index contributed by atoms with van der Waals surface area (Å²) in [6.07, 6.45) is 2.34. The molecule has 0 aliphatic carbocycles. The summed E-state index contributed by atoms with van der Waals surface area (Å²) in [7, 11) is 1.77. The van der Waals surface area contributed by atoms with Crippen LogP contribution in [-0.2, 0) is 6.54 Å². The van der Waals surface area contributed by atoms with Gasteiger partial charge in [-0.2, -0.15) is 0 Å². The fourth-order valence-corrected chi connectivity index (χ4v) is 3.35. The van der Waals surface area contributed by atoms with Gasteiger partial charge in [-0.1, -0.05) is 30.3 Å². The molecule has 26 heavy (non-hydrogen) atoms. The van der Waals surface area contributed by atoms with Gasteiger partial charge >= 0.3 is 6.09 Å². The van der Waals surface area contributed by atoms with Crippen molar-refractivity contribution in [1.29, 1.82) is 0 Å². The average Bonchev–Trinajstić information content (AvgIpc) is 2.68. The second-order valence-electron chi connectivity index (χ2n) is 6.67. The molecule has 1 aromatic carbocycles. The number of hydrogen-bond acceptors (Lipinski definition) is 3. The van der Waals surface area contributed by atoms with Crippen molar-refractivity contribution in [3.05, 3.63) is 65.5 Å². The summed E-state index contributed by atoms with van der Waals surface area (Å²) in [5, 5.41) is 9.06. The Bertz CT molecular complexity index is 771. The number of piperidine rings is 1. The van der Waals surface area contributed by atoms with Crippen molar-refractivity contribution in [1.82, 2.24) is 14.8 Å². The largest absolute Gasteiger partial charge is 0.465 e. The first kappa shape index (κ1) is 17.9. The third-order valence-electron chi connectivity index (χ3n) is 4.85. The first-order chi connectivity index (χ1) is 12.5. The molecule has 0 unspecified atom stereocenters. The van der Waals surface area contributed by atoms with E-state index in [1.54, 1.807) is 18.1 Å². The van der Waals surface area contributed by atoms with Crippen molar-refractivity contribution >= 4 is 12.0 Å². The number of rotatable bonds is 4. The minimum absolute atomic E-state index is 0.112. The van der Waals surface area contributed by atoms with Crippen molar-refractivity contribution in [2.45, 2.75) is 25.3 Å². The zero-order valence-electron chi connectivity index (χ0n) is 14.8. The normalized spacial score (nSPS) is 14.9. The molecular weight excluding hydrogens is 330 g/mol. The highest BCUT2D eigenvalue weighted by molar-refractivity contribution is 5.92. The Labute approximate surface area is 153 Å². The van der Waals surface area contributed by atoms with Gasteiger partial charge in [-0.3, -0.25) is 9.78 Å². The summed E-state index contributed by atoms with van der Waals surface area (Å²) < 4.78 is 0. The molecular formula is C20H23N3O3. The molecule has 0 saturated carbocycles. The Morgan fingerprint density at radius 2 is 1.88 bits per heavy atom. The van der Waals surface area contributed by atoms with Gasteiger partial charge in [0, 0.05) is 32.9 Å². The lowest BCUT2D eigenvalue weighted by Crippen LogP contribution is -2.36. The first-order valence-corrected chi connectivity index (χ1v) is 8.78. The third-order valence-corrected chi connectivity index (χ3v) is 4.85. The number of benzene rings is 1. The zero-order valence-corrected chi connectivity index (χ0v) is 14.8. The number of nitrogens with zero attached hydrogens (tertiary/aromatic N) is 3. The summed E-state index contributed by atoms with van der Waals surface area (Å²) in [6.45, 7) is 1.58. The fraction of sp³-hybridized carbons (Fsp3) is 0.350. The molecule has 6 nitrogen and oxygen atoms in total. The molecule has 1 aliphatic rings. The van der Waals surface area contributed by atoms with E-state index in [9.17, 15) is 9.59 Å². The molecule has 0 bridgehead atoms. The summed E-state index contributed by atoms with van der Waals surface area (Å²) in [5.74, 6) is 0.151. The number of hydrogen-bond donors (Lipinski definition) is 1. The molecule has 1 aromatic heterocycles. The van der Waals surface area contributed by atoms with Crippen molar-refractivity contribution in [3.63, 3.8) is 0 Å². The number of aromatic nitrogens is 1. The van der Waals surface area contributed by atoms with Crippen LogP contribution in [0.5, 0.6) is 0 Å². The predicted molar refractivity (Wildman–Crippen MR) is 98.0 cm³/mol. The van der Waals surface area contributed by atoms with Gasteiger partial charge in [0.1, 0.15) is 5.69 Å². The number of amides is 2. The van der Waals surface area contributed by atoms with Crippen LogP contribution < -0.4 is 0 Å². The van der Waals surface area contributed by atoms with E-state index in [2.05, 4.69) is 4.98 Å². The lowest BCUT2D eigenvalue weighted by atomic mass is 9.89. The number of carboxylic acid groups (broad SMARTS) is 1. The van der Waals surface area contributed by atoms with E-state index in [4.69, 9.17) is 5.11 Å². The van der Waals surface area contributed by atoms with E-state index < -0.39 is 6.09 Å². The minimum Gasteiger partial charge on any atom is -0.465 e. The van der Waals surface area contributed by atoms with Gasteiger partial charge in [0.2, 0.25) is 0 Å². The number of pyridine rings is 1. The summed E-state index contributed by atoms with van der Waals surface area (Å²) in [4.78, 5) is 31.1. The maximum atomic E-state index is 12.7. The van der Waals surface area contributed by atoms with E-state index >= 15 is 0 Å². The van der Waals surface area contributed by atoms with Crippen LogP contribution >= 0.6 is 0 Å². The van der Waals surface area contributed by atoms with Gasteiger partial charge in [-0.05, 0) is 42.0 Å². The smallest absolute Gasteiger partial charge is 0.407 e. The maximum absolute atomic E-state index is 12.7. The summed E-state index contributed by atoms with van der Waals surface area (Å²) in [6, 6.07) is 13.6. The van der Waals surface area contributed by atoms with Crippen LogP contribution in [0.2, 0.25) is 0 Å². The Balaban J connectivity index is 1.67. The van der Waals surface area contributed by atoms with E-state index in [-0.39, 0.29) is 11.8 Å². The lowest BCUT2D eigenvalue weighted by Gasteiger charge is -2.30. The Morgan fingerprint density at radius 1 is 1.19 bits per heavy atom. The van der Waals surface area contributed by atoms with Crippen LogP contribution in [0.15, 0.2) is 48.7 Å². The van der Waals surface area contributed by atoms with Crippen molar-refractivity contribution in [3.8, 4) is 0 Å². The summed E-state index contributed by atoms with van der Waals surface area (Å²) >= 11 is 0. The van der Waals surface area contributed by atoms with E-state index in [0.717, 1.165) is 24.0 Å². The fourth-order valence-electron chi connectivity index (χ4n) is 3.35. The van der Waals surface area contributed by atoms with Crippen LogP contribution in [0, 0.1) is 0 Å². The highest BCUT2D eigenvalue weighted by Crippen LogP contribution is 2.28. The average molecular weight is 353 g/mol. The number of carbonyl (C=O) groups is 2. The zero-order chi connectivity index (χ0) is 18.5. The molecule has 1 saturated heterocycles. The molecule has 1 fully saturated rings. The van der Waals surface area contributed by atoms with Crippen LogP contribution in [0.1, 0.15) is 40.4 Å². The molecule has 0 spiro atoms. The second-order valence-corrected chi connectivity index (χ2v) is 6.67. The number of carbonyl (C=O) groups excluding carboxylic acids is 1. The topological polar surface area (TPSA) is 73.7 Å². The molecule has 2 aromatic rings. The first-order valence-electron chi connectivity index (χ1n) is 8.78. The van der Waals surface area contributed by atoms with Gasteiger partial charge in [-0.25, -0.2) is 4.79 Å². The number of likely N-dealkylation sites (tertiary alicyclic amines) is 1. The molecule has 1 N–H and O–H groups in total. The van der Waals surface area contributed by atoms with Crippen molar-refractivity contribution < 1.29 is 14.7 Å². The van der Waals surface area contributed by atoms with Crippen LogP contribution in [0.4, 0.5) is 4.79 Å². The van der Waals surface area contributed by atoms with E-state index in [0.29, 0.717) is 25.3 Å². The maximum Gasteiger partial charge on any atom is 0.407 e. The van der Waals surface area contributed by atoms with Crippen LogP contribution in [0.3, 0.4) is 0 Å². The van der Waals surface area contributed by atoms with Crippen molar-refractivity contribution in [2.24, 2.45) is 0 Å². The monoisotopic (exact) mass is 353 g/mol. The molecule has 2 amide bonds. The molecule has 136 valence electrons. The molecule has 2 heterocycles. The standard InChI is InChI=1S/C20H23N3O3/c1-22(14-15-5-3-2-4-6-15)19(24)18-13-17(7-10-21-18)16-8-11-23(12-9-16)20(25)26/h2-7,10,13,16H,8-9,11-12,14H2,1H3,(H,25,26). The second kappa shape index (κ2) is 7.99. The Morgan fingerprint density at radius 3 is 2.54 bits per heavy atom. The summed E-state index contributed by atoms with van der Waals surface area (Å²) in [5.41, 5.74) is 2.56. The predicted octanol–water partition coefficient (Wildman–Crippen LogP) is 3.21. The highest BCUT2D eigenvalue weighted by atomic mass is 16.4. The highest BCUT2D eigenvalue weighted by Gasteiger charge is 2.24. The van der Waals surface area contributed by atoms with Crippen LogP contribution in [0.25, 0.3) is 0 Å². The van der Waals surface area contributed by atoms with Gasteiger partial charge in [0.05, 0.1) is 0 Å². The van der Waals surface area contributed by atoms with Gasteiger partial charge in [0.15, 0.2) is 0 Å². The minimum atomic E-state index is -0.864. The SMILES string of the molecule is CN(Cc1ccccc1)C(=O)c1cc(C2CCN(C(=O)O)CC2)ccn1. The van der Waals surface area contributed by atoms with Gasteiger partial charge < -0.3 is 14.9 Å². The Hall–Kier alpha value is -2.89. The molecule has 0 atom stereocenters.